The first-order valence-electron chi connectivity index (χ1n) is 6.04. The van der Waals surface area contributed by atoms with E-state index in [0.717, 1.165) is 21.4 Å². The van der Waals surface area contributed by atoms with E-state index >= 15 is 0 Å². The fourth-order valence-corrected chi connectivity index (χ4v) is 2.87. The fourth-order valence-electron chi connectivity index (χ4n) is 1.96. The smallest absolute Gasteiger partial charge is 0.252 e. The number of benzene rings is 1. The van der Waals surface area contributed by atoms with Crippen LogP contribution in [0, 0.1) is 0 Å². The van der Waals surface area contributed by atoms with Gasteiger partial charge in [0.1, 0.15) is 5.69 Å². The molecule has 22 heavy (non-hydrogen) atoms. The molecule has 0 spiro atoms. The first kappa shape index (κ1) is 13.4. The summed E-state index contributed by atoms with van der Waals surface area (Å²) in [5.74, 6) is -0.722. The molecular weight excluding hydrogens is 334 g/mol. The number of nitrogens with zero attached hydrogens (tertiary/aromatic N) is 6. The Balaban J connectivity index is 1.87. The largest absolute Gasteiger partial charge is 0.383 e. The van der Waals surface area contributed by atoms with E-state index in [4.69, 9.17) is 11.6 Å². The lowest BCUT2D eigenvalue weighted by molar-refractivity contribution is 0.0821. The standard InChI is InChI=1S/C12H5ClF2N6S/c13-12(14,15)10-18-19-11-21(10)20-9(22-11)8-5-16-6-3-1-2-4-7(6)17-8/h1-5H. The third kappa shape index (κ3) is 2.09. The Labute approximate surface area is 130 Å². The van der Waals surface area contributed by atoms with Crippen molar-refractivity contribution in [2.45, 2.75) is 5.38 Å². The average Bonchev–Trinajstić information content (AvgIpc) is 3.05. The Kier molecular flexibility index (Phi) is 2.81. The maximum absolute atomic E-state index is 13.2. The van der Waals surface area contributed by atoms with Gasteiger partial charge in [-0.25, -0.2) is 4.98 Å². The molecule has 0 radical (unpaired) electrons. The zero-order valence-corrected chi connectivity index (χ0v) is 12.2. The SMILES string of the molecule is FC(F)(Cl)c1nnc2sc(-c3cnc4ccccc4n3)nn12. The van der Waals surface area contributed by atoms with Gasteiger partial charge in [0, 0.05) is 0 Å². The quantitative estimate of drug-likeness (QED) is 0.525. The number of alkyl halides is 3. The lowest BCUT2D eigenvalue weighted by atomic mass is 10.3. The van der Waals surface area contributed by atoms with Crippen LogP contribution in [0.2, 0.25) is 0 Å². The summed E-state index contributed by atoms with van der Waals surface area (Å²) in [7, 11) is 0. The summed E-state index contributed by atoms with van der Waals surface area (Å²) in [6.45, 7) is 0. The molecule has 0 bridgehead atoms. The highest BCUT2D eigenvalue weighted by atomic mass is 35.5. The Hall–Kier alpha value is -2.26. The van der Waals surface area contributed by atoms with Crippen LogP contribution in [0.3, 0.4) is 0 Å². The van der Waals surface area contributed by atoms with Gasteiger partial charge in [-0.15, -0.1) is 10.2 Å². The van der Waals surface area contributed by atoms with Gasteiger partial charge in [-0.3, -0.25) is 4.98 Å². The van der Waals surface area contributed by atoms with E-state index in [0.29, 0.717) is 16.2 Å². The highest BCUT2D eigenvalue weighted by molar-refractivity contribution is 7.19. The molecule has 6 nitrogen and oxygen atoms in total. The Morgan fingerprint density at radius 3 is 2.68 bits per heavy atom. The summed E-state index contributed by atoms with van der Waals surface area (Å²) in [6.07, 6.45) is 1.53. The van der Waals surface area contributed by atoms with Crippen LogP contribution >= 0.6 is 22.9 Å². The molecule has 0 atom stereocenters. The van der Waals surface area contributed by atoms with Gasteiger partial charge in [0.25, 0.3) is 0 Å². The topological polar surface area (TPSA) is 68.9 Å². The number of hydrogen-bond acceptors (Lipinski definition) is 6. The second-order valence-electron chi connectivity index (χ2n) is 4.37. The maximum Gasteiger partial charge on any atom is 0.383 e. The van der Waals surface area contributed by atoms with Crippen LogP contribution in [-0.4, -0.2) is 29.8 Å². The number of halogens is 3. The molecule has 10 heteroatoms. The van der Waals surface area contributed by atoms with E-state index in [1.165, 1.54) is 6.20 Å². The number of para-hydroxylation sites is 2. The van der Waals surface area contributed by atoms with E-state index in [9.17, 15) is 8.78 Å². The highest BCUT2D eigenvalue weighted by Gasteiger charge is 2.35. The summed E-state index contributed by atoms with van der Waals surface area (Å²) < 4.78 is 27.4. The Morgan fingerprint density at radius 2 is 1.91 bits per heavy atom. The van der Waals surface area contributed by atoms with E-state index in [2.05, 4.69) is 25.3 Å². The van der Waals surface area contributed by atoms with Crippen LogP contribution in [0.1, 0.15) is 5.82 Å². The first-order chi connectivity index (χ1) is 10.5. The molecule has 3 heterocycles. The van der Waals surface area contributed by atoms with Gasteiger partial charge in [-0.1, -0.05) is 23.5 Å². The fraction of sp³-hybridized carbons (Fsp3) is 0.0833. The van der Waals surface area contributed by atoms with Crippen molar-refractivity contribution in [1.29, 1.82) is 0 Å². The van der Waals surface area contributed by atoms with Crippen LogP contribution in [-0.2, 0) is 5.38 Å². The summed E-state index contributed by atoms with van der Waals surface area (Å²) >= 11 is 6.07. The van der Waals surface area contributed by atoms with Gasteiger partial charge in [0.15, 0.2) is 5.01 Å². The monoisotopic (exact) mass is 338 g/mol. The number of fused-ring (bicyclic) bond motifs is 2. The van der Waals surface area contributed by atoms with Crippen molar-refractivity contribution in [1.82, 2.24) is 29.8 Å². The van der Waals surface area contributed by atoms with Gasteiger partial charge in [-0.05, 0) is 23.7 Å². The van der Waals surface area contributed by atoms with Crippen molar-refractivity contribution in [3.63, 3.8) is 0 Å². The maximum atomic E-state index is 13.2. The normalized spacial score (nSPS) is 12.3. The van der Waals surface area contributed by atoms with Gasteiger partial charge < -0.3 is 0 Å². The molecule has 0 aliphatic rings. The van der Waals surface area contributed by atoms with Crippen molar-refractivity contribution < 1.29 is 8.78 Å². The molecule has 110 valence electrons. The molecular formula is C12H5ClF2N6S. The van der Waals surface area contributed by atoms with Crippen LogP contribution < -0.4 is 0 Å². The van der Waals surface area contributed by atoms with Crippen molar-refractivity contribution in [2.75, 3.05) is 0 Å². The molecule has 0 fully saturated rings. The Bertz CT molecular complexity index is 992. The summed E-state index contributed by atoms with van der Waals surface area (Å²) in [5.41, 5.74) is 1.90. The summed E-state index contributed by atoms with van der Waals surface area (Å²) in [6, 6.07) is 7.33. The van der Waals surface area contributed by atoms with Gasteiger partial charge in [0.05, 0.1) is 17.2 Å². The molecule has 4 aromatic rings. The van der Waals surface area contributed by atoms with E-state index in [1.807, 2.05) is 24.3 Å². The van der Waals surface area contributed by atoms with E-state index < -0.39 is 11.2 Å². The number of aromatic nitrogens is 6. The molecule has 0 N–H and O–H groups in total. The zero-order valence-electron chi connectivity index (χ0n) is 10.6. The number of hydrogen-bond donors (Lipinski definition) is 0. The van der Waals surface area contributed by atoms with Crippen molar-refractivity contribution in [3.05, 3.63) is 36.3 Å². The van der Waals surface area contributed by atoms with Crippen LogP contribution in [0.15, 0.2) is 30.5 Å². The molecule has 1 aromatic carbocycles. The lowest BCUT2D eigenvalue weighted by Gasteiger charge is -2.02. The van der Waals surface area contributed by atoms with Gasteiger partial charge in [0.2, 0.25) is 10.8 Å². The minimum absolute atomic E-state index is 0.209. The van der Waals surface area contributed by atoms with Gasteiger partial charge in [-0.2, -0.15) is 18.4 Å². The van der Waals surface area contributed by atoms with Gasteiger partial charge >= 0.3 is 5.38 Å². The van der Waals surface area contributed by atoms with E-state index in [1.54, 1.807) is 0 Å². The molecule has 0 unspecified atom stereocenters. The second-order valence-corrected chi connectivity index (χ2v) is 5.80. The molecule has 4 rings (SSSR count). The van der Waals surface area contributed by atoms with E-state index in [-0.39, 0.29) is 4.96 Å². The molecule has 0 aliphatic heterocycles. The summed E-state index contributed by atoms with van der Waals surface area (Å²) in [4.78, 5) is 8.89. The third-order valence-electron chi connectivity index (χ3n) is 2.91. The highest BCUT2D eigenvalue weighted by Crippen LogP contribution is 2.33. The molecule has 0 saturated carbocycles. The zero-order chi connectivity index (χ0) is 15.3. The average molecular weight is 339 g/mol. The second kappa shape index (κ2) is 4.62. The molecule has 3 aromatic heterocycles. The van der Waals surface area contributed by atoms with Crippen LogP contribution in [0.25, 0.3) is 26.7 Å². The predicted octanol–water partition coefficient (Wildman–Crippen LogP) is 3.08. The lowest BCUT2D eigenvalue weighted by Crippen LogP contribution is -2.10. The van der Waals surface area contributed by atoms with Crippen LogP contribution in [0.5, 0.6) is 0 Å². The minimum Gasteiger partial charge on any atom is -0.252 e. The third-order valence-corrected chi connectivity index (χ3v) is 4.00. The van der Waals surface area contributed by atoms with Crippen LogP contribution in [0.4, 0.5) is 8.78 Å². The molecule has 0 aliphatic carbocycles. The molecule has 0 saturated heterocycles. The van der Waals surface area contributed by atoms with Crippen molar-refractivity contribution in [2.24, 2.45) is 0 Å². The minimum atomic E-state index is -3.64. The van der Waals surface area contributed by atoms with Crippen molar-refractivity contribution >= 4 is 38.9 Å². The Morgan fingerprint density at radius 1 is 1.14 bits per heavy atom. The number of rotatable bonds is 2. The molecule has 0 amide bonds. The van der Waals surface area contributed by atoms with Crippen molar-refractivity contribution in [3.8, 4) is 10.7 Å². The predicted molar refractivity (Wildman–Crippen MR) is 76.9 cm³/mol. The summed E-state index contributed by atoms with van der Waals surface area (Å²) in [5, 5.41) is 7.83. The first-order valence-corrected chi connectivity index (χ1v) is 7.23.